The summed E-state index contributed by atoms with van der Waals surface area (Å²) in [4.78, 5) is 23.7. The molecule has 3 rings (SSSR count). The minimum atomic E-state index is -0.448. The Kier molecular flexibility index (Phi) is 6.43. The number of ether oxygens (including phenoxy) is 1. The largest absolute Gasteiger partial charge is 0.490 e. The van der Waals surface area contributed by atoms with Gasteiger partial charge in [0.05, 0.1) is 22.8 Å². The summed E-state index contributed by atoms with van der Waals surface area (Å²) in [7, 11) is 0. The molecule has 2 atom stereocenters. The summed E-state index contributed by atoms with van der Waals surface area (Å²) in [5.74, 6) is 1.18. The van der Waals surface area contributed by atoms with Crippen molar-refractivity contribution in [3.8, 4) is 5.75 Å². The van der Waals surface area contributed by atoms with E-state index in [0.29, 0.717) is 23.7 Å². The van der Waals surface area contributed by atoms with Crippen molar-refractivity contribution in [3.05, 3.63) is 64.4 Å². The third-order valence-electron chi connectivity index (χ3n) is 4.34. The summed E-state index contributed by atoms with van der Waals surface area (Å²) in [6, 6.07) is 13.4. The number of carbonyl (C=O) groups is 1. The van der Waals surface area contributed by atoms with Crippen LogP contribution in [-0.4, -0.2) is 22.7 Å². The fourth-order valence-electron chi connectivity index (χ4n) is 2.84. The fourth-order valence-corrected chi connectivity index (χ4v) is 3.72. The Bertz CT molecular complexity index is 1020. The molecule has 1 heterocycles. The second-order valence-corrected chi connectivity index (χ2v) is 7.91. The number of rotatable bonds is 8. The topological polar surface area (TPSA) is 94.6 Å². The van der Waals surface area contributed by atoms with Crippen LogP contribution in [0.4, 0.5) is 5.69 Å². The number of para-hydroxylation sites is 1. The van der Waals surface area contributed by atoms with Gasteiger partial charge in [-0.05, 0) is 45.0 Å². The summed E-state index contributed by atoms with van der Waals surface area (Å²) in [6.07, 6.45) is 0. The lowest BCUT2D eigenvalue weighted by Crippen LogP contribution is -2.32. The third-order valence-corrected chi connectivity index (χ3v) is 5.45. The smallest absolute Gasteiger partial charge is 0.269 e. The molecule has 1 N–H and O–H groups in total. The number of nitrogens with one attached hydrogen (secondary N) is 1. The summed E-state index contributed by atoms with van der Waals surface area (Å²) >= 11 is 1.34. The van der Waals surface area contributed by atoms with Gasteiger partial charge in [0.2, 0.25) is 5.91 Å². The zero-order chi connectivity index (χ0) is 21.0. The van der Waals surface area contributed by atoms with Crippen LogP contribution in [0.1, 0.15) is 32.6 Å². The molecule has 3 aromatic rings. The van der Waals surface area contributed by atoms with Gasteiger partial charge in [-0.3, -0.25) is 14.9 Å². The molecule has 0 spiro atoms. The molecule has 0 aliphatic heterocycles. The number of fused-ring (bicyclic) bond motifs is 1. The minimum absolute atomic E-state index is 0.0244. The monoisotopic (exact) mass is 414 g/mol. The van der Waals surface area contributed by atoms with Gasteiger partial charge >= 0.3 is 0 Å². The zero-order valence-corrected chi connectivity index (χ0v) is 17.2. The van der Waals surface area contributed by atoms with Crippen molar-refractivity contribution in [1.29, 1.82) is 0 Å². The number of furan rings is 1. The lowest BCUT2D eigenvalue weighted by atomic mass is 10.2. The van der Waals surface area contributed by atoms with Gasteiger partial charge in [0.25, 0.3) is 5.69 Å². The Balaban J connectivity index is 1.65. The molecule has 1 aromatic heterocycles. The molecular weight excluding hydrogens is 392 g/mol. The van der Waals surface area contributed by atoms with Crippen molar-refractivity contribution in [2.75, 3.05) is 6.61 Å². The van der Waals surface area contributed by atoms with Crippen molar-refractivity contribution >= 4 is 34.3 Å². The standard InChI is InChI=1S/C21H22N2O5S/c1-4-27-18-7-5-6-15-12-19(28-20(15)18)13(2)22-21(24)14(3)29-17-10-8-16(9-11-17)23(25)26/h5-14H,4H2,1-3H3,(H,22,24). The first kappa shape index (κ1) is 20.7. The van der Waals surface area contributed by atoms with Crippen molar-refractivity contribution < 1.29 is 18.9 Å². The van der Waals surface area contributed by atoms with Gasteiger partial charge in [0.15, 0.2) is 11.3 Å². The predicted molar refractivity (Wildman–Crippen MR) is 112 cm³/mol. The zero-order valence-electron chi connectivity index (χ0n) is 16.4. The van der Waals surface area contributed by atoms with Crippen LogP contribution in [-0.2, 0) is 4.79 Å². The highest BCUT2D eigenvalue weighted by Crippen LogP contribution is 2.31. The molecule has 1 amide bonds. The number of hydrogen-bond donors (Lipinski definition) is 1. The average Bonchev–Trinajstić information content (AvgIpc) is 3.14. The van der Waals surface area contributed by atoms with Crippen LogP contribution < -0.4 is 10.1 Å². The first-order chi connectivity index (χ1) is 13.9. The number of nitrogens with zero attached hydrogens (tertiary/aromatic N) is 1. The maximum atomic E-state index is 12.6. The Morgan fingerprint density at radius 3 is 2.62 bits per heavy atom. The van der Waals surface area contributed by atoms with Crippen LogP contribution in [0.3, 0.4) is 0 Å². The molecule has 2 aromatic carbocycles. The Morgan fingerprint density at radius 1 is 1.24 bits per heavy atom. The van der Waals surface area contributed by atoms with Crippen molar-refractivity contribution in [2.24, 2.45) is 0 Å². The van der Waals surface area contributed by atoms with E-state index in [1.165, 1.54) is 23.9 Å². The summed E-state index contributed by atoms with van der Waals surface area (Å²) < 4.78 is 11.5. The van der Waals surface area contributed by atoms with Crippen molar-refractivity contribution in [1.82, 2.24) is 5.32 Å². The Morgan fingerprint density at radius 2 is 1.97 bits per heavy atom. The van der Waals surface area contributed by atoms with Gasteiger partial charge in [-0.1, -0.05) is 12.1 Å². The van der Waals surface area contributed by atoms with Crippen LogP contribution in [0.25, 0.3) is 11.0 Å². The highest BCUT2D eigenvalue weighted by Gasteiger charge is 2.20. The van der Waals surface area contributed by atoms with Gasteiger partial charge in [0, 0.05) is 22.4 Å². The van der Waals surface area contributed by atoms with Crippen molar-refractivity contribution in [2.45, 2.75) is 37.0 Å². The van der Waals surface area contributed by atoms with Gasteiger partial charge < -0.3 is 14.5 Å². The highest BCUT2D eigenvalue weighted by molar-refractivity contribution is 8.00. The van der Waals surface area contributed by atoms with E-state index >= 15 is 0 Å². The molecule has 7 nitrogen and oxygen atoms in total. The second-order valence-electron chi connectivity index (χ2n) is 6.50. The van der Waals surface area contributed by atoms with E-state index in [0.717, 1.165) is 10.3 Å². The molecule has 2 unspecified atom stereocenters. The second kappa shape index (κ2) is 9.00. The van der Waals surface area contributed by atoms with E-state index in [1.807, 2.05) is 38.1 Å². The first-order valence-corrected chi connectivity index (χ1v) is 10.1. The summed E-state index contributed by atoms with van der Waals surface area (Å²) in [5.41, 5.74) is 0.690. The SMILES string of the molecule is CCOc1cccc2cc(C(C)NC(=O)C(C)Sc3ccc([N+](=O)[O-])cc3)oc12. The van der Waals surface area contributed by atoms with E-state index in [2.05, 4.69) is 5.32 Å². The number of hydrogen-bond acceptors (Lipinski definition) is 6. The van der Waals surface area contributed by atoms with Crippen LogP contribution in [0.2, 0.25) is 0 Å². The molecule has 0 radical (unpaired) electrons. The quantitative estimate of drug-likeness (QED) is 0.313. The molecular formula is C21H22N2O5S. The molecule has 0 saturated carbocycles. The number of nitro groups is 1. The molecule has 0 saturated heterocycles. The van der Waals surface area contributed by atoms with Crippen LogP contribution in [0, 0.1) is 10.1 Å². The lowest BCUT2D eigenvalue weighted by Gasteiger charge is -2.16. The van der Waals surface area contributed by atoms with Gasteiger partial charge in [0.1, 0.15) is 5.76 Å². The molecule has 0 aliphatic rings. The van der Waals surface area contributed by atoms with E-state index in [4.69, 9.17) is 9.15 Å². The van der Waals surface area contributed by atoms with Gasteiger partial charge in [-0.2, -0.15) is 0 Å². The van der Waals surface area contributed by atoms with E-state index < -0.39 is 4.92 Å². The number of non-ortho nitro benzene ring substituents is 1. The predicted octanol–water partition coefficient (Wildman–Crippen LogP) is 5.10. The Labute approximate surface area is 172 Å². The molecule has 152 valence electrons. The minimum Gasteiger partial charge on any atom is -0.490 e. The third kappa shape index (κ3) is 4.89. The number of nitro benzene ring substituents is 1. The molecule has 29 heavy (non-hydrogen) atoms. The number of carbonyl (C=O) groups excluding carboxylic acids is 1. The summed E-state index contributed by atoms with van der Waals surface area (Å²) in [6.45, 7) is 6.10. The normalized spacial score (nSPS) is 13.1. The first-order valence-electron chi connectivity index (χ1n) is 9.25. The fraction of sp³-hybridized carbons (Fsp3) is 0.286. The number of benzene rings is 2. The van der Waals surface area contributed by atoms with E-state index in [9.17, 15) is 14.9 Å². The van der Waals surface area contributed by atoms with Gasteiger partial charge in [-0.25, -0.2) is 0 Å². The Hall–Kier alpha value is -3.00. The molecule has 8 heteroatoms. The lowest BCUT2D eigenvalue weighted by molar-refractivity contribution is -0.384. The molecule has 0 fully saturated rings. The maximum absolute atomic E-state index is 12.6. The van der Waals surface area contributed by atoms with Crippen LogP contribution in [0.15, 0.2) is 57.8 Å². The van der Waals surface area contributed by atoms with E-state index in [-0.39, 0.29) is 22.9 Å². The summed E-state index contributed by atoms with van der Waals surface area (Å²) in [5, 5.41) is 14.2. The van der Waals surface area contributed by atoms with Gasteiger partial charge in [-0.15, -0.1) is 11.8 Å². The highest BCUT2D eigenvalue weighted by atomic mass is 32.2. The van der Waals surface area contributed by atoms with Crippen LogP contribution >= 0.6 is 11.8 Å². The number of amides is 1. The molecule has 0 aliphatic carbocycles. The van der Waals surface area contributed by atoms with Crippen LogP contribution in [0.5, 0.6) is 5.75 Å². The van der Waals surface area contributed by atoms with Crippen molar-refractivity contribution in [3.63, 3.8) is 0 Å². The number of thioether (sulfide) groups is 1. The maximum Gasteiger partial charge on any atom is 0.269 e. The average molecular weight is 414 g/mol. The molecule has 0 bridgehead atoms. The van der Waals surface area contributed by atoms with E-state index in [1.54, 1.807) is 19.1 Å².